The Labute approximate surface area is 79.7 Å². The van der Waals surface area contributed by atoms with Crippen molar-refractivity contribution in [2.24, 2.45) is 5.73 Å². The van der Waals surface area contributed by atoms with Crippen LogP contribution in [0.1, 0.15) is 18.9 Å². The van der Waals surface area contributed by atoms with E-state index in [1.165, 1.54) is 5.56 Å². The van der Waals surface area contributed by atoms with E-state index in [9.17, 15) is 0 Å². The summed E-state index contributed by atoms with van der Waals surface area (Å²) < 4.78 is 5.45. The molecule has 1 aromatic carbocycles. The number of ether oxygens (including phenoxy) is 1. The van der Waals surface area contributed by atoms with Crippen LogP contribution in [-0.2, 0) is 11.3 Å². The van der Waals surface area contributed by atoms with E-state index in [0.717, 1.165) is 6.42 Å². The summed E-state index contributed by atoms with van der Waals surface area (Å²) in [5.74, 6) is 0. The smallest absolute Gasteiger partial charge is 0.0717 e. The summed E-state index contributed by atoms with van der Waals surface area (Å²) >= 11 is 0. The van der Waals surface area contributed by atoms with E-state index in [1.807, 2.05) is 18.2 Å². The zero-order valence-corrected chi connectivity index (χ0v) is 8.07. The number of rotatable bonds is 5. The normalized spacial score (nSPS) is 12.8. The maximum atomic E-state index is 5.71. The second kappa shape index (κ2) is 5.73. The molecule has 1 aromatic rings. The summed E-state index contributed by atoms with van der Waals surface area (Å²) in [6, 6.07) is 10.3. The van der Waals surface area contributed by atoms with Crippen molar-refractivity contribution in [3.63, 3.8) is 0 Å². The van der Waals surface area contributed by atoms with Crippen molar-refractivity contribution in [3.8, 4) is 0 Å². The van der Waals surface area contributed by atoms with E-state index in [2.05, 4.69) is 19.1 Å². The second-order valence-corrected chi connectivity index (χ2v) is 3.17. The third-order valence-corrected chi connectivity index (χ3v) is 1.97. The van der Waals surface area contributed by atoms with Crippen LogP contribution >= 0.6 is 0 Å². The molecule has 2 nitrogen and oxygen atoms in total. The Bertz CT molecular complexity index is 223. The number of hydrogen-bond donors (Lipinski definition) is 1. The maximum Gasteiger partial charge on any atom is 0.0717 e. The van der Waals surface area contributed by atoms with Gasteiger partial charge in [0.1, 0.15) is 0 Å². The first-order valence-electron chi connectivity index (χ1n) is 4.70. The lowest BCUT2D eigenvalue weighted by Gasteiger charge is -2.09. The van der Waals surface area contributed by atoms with Crippen molar-refractivity contribution in [1.29, 1.82) is 0 Å². The molecule has 0 aliphatic carbocycles. The molecule has 1 atom stereocenters. The minimum absolute atomic E-state index is 0.170. The van der Waals surface area contributed by atoms with Crippen LogP contribution in [0.15, 0.2) is 30.3 Å². The summed E-state index contributed by atoms with van der Waals surface area (Å²) in [6.07, 6.45) is 0.967. The lowest BCUT2D eigenvalue weighted by Crippen LogP contribution is -2.24. The highest BCUT2D eigenvalue weighted by Gasteiger charge is 1.98. The number of benzene rings is 1. The Hall–Kier alpha value is -0.860. The first kappa shape index (κ1) is 10.2. The molecule has 0 amide bonds. The van der Waals surface area contributed by atoms with Crippen molar-refractivity contribution in [3.05, 3.63) is 35.9 Å². The van der Waals surface area contributed by atoms with Gasteiger partial charge in [0.25, 0.3) is 0 Å². The summed E-state index contributed by atoms with van der Waals surface area (Å²) in [6.45, 7) is 3.37. The summed E-state index contributed by atoms with van der Waals surface area (Å²) in [4.78, 5) is 0. The first-order chi connectivity index (χ1) is 6.33. The molecular formula is C11H17NO. The molecule has 0 bridgehead atoms. The van der Waals surface area contributed by atoms with Gasteiger partial charge in [-0.25, -0.2) is 0 Å². The van der Waals surface area contributed by atoms with E-state index in [4.69, 9.17) is 10.5 Å². The van der Waals surface area contributed by atoms with Crippen molar-refractivity contribution < 1.29 is 4.74 Å². The van der Waals surface area contributed by atoms with Gasteiger partial charge in [-0.15, -0.1) is 0 Å². The molecular weight excluding hydrogens is 162 g/mol. The Kier molecular flexibility index (Phi) is 4.50. The van der Waals surface area contributed by atoms with Gasteiger partial charge < -0.3 is 10.5 Å². The predicted octanol–water partition coefficient (Wildman–Crippen LogP) is 1.94. The third-order valence-electron chi connectivity index (χ3n) is 1.97. The predicted molar refractivity (Wildman–Crippen MR) is 54.4 cm³/mol. The molecule has 0 unspecified atom stereocenters. The van der Waals surface area contributed by atoms with Crippen LogP contribution in [-0.4, -0.2) is 12.6 Å². The molecule has 13 heavy (non-hydrogen) atoms. The minimum atomic E-state index is 0.170. The maximum absolute atomic E-state index is 5.71. The van der Waals surface area contributed by atoms with Crippen LogP contribution in [0.25, 0.3) is 0 Å². The van der Waals surface area contributed by atoms with Gasteiger partial charge in [0.15, 0.2) is 0 Å². The fourth-order valence-corrected chi connectivity index (χ4v) is 1.02. The van der Waals surface area contributed by atoms with Gasteiger partial charge >= 0.3 is 0 Å². The molecule has 0 saturated carbocycles. The SMILES string of the molecule is CC[C@@H](N)COCc1ccccc1. The molecule has 0 saturated heterocycles. The van der Waals surface area contributed by atoms with Gasteiger partial charge in [-0.3, -0.25) is 0 Å². The van der Waals surface area contributed by atoms with E-state index < -0.39 is 0 Å². The molecule has 0 spiro atoms. The zero-order chi connectivity index (χ0) is 9.52. The lowest BCUT2D eigenvalue weighted by molar-refractivity contribution is 0.107. The largest absolute Gasteiger partial charge is 0.375 e. The van der Waals surface area contributed by atoms with Crippen molar-refractivity contribution in [2.45, 2.75) is 26.0 Å². The summed E-state index contributed by atoms with van der Waals surface area (Å²) in [7, 11) is 0. The Balaban J connectivity index is 2.20. The van der Waals surface area contributed by atoms with Crippen LogP contribution in [0, 0.1) is 0 Å². The van der Waals surface area contributed by atoms with Crippen LogP contribution in [0.4, 0.5) is 0 Å². The van der Waals surface area contributed by atoms with Crippen LogP contribution < -0.4 is 5.73 Å². The van der Waals surface area contributed by atoms with E-state index >= 15 is 0 Å². The van der Waals surface area contributed by atoms with Crippen molar-refractivity contribution >= 4 is 0 Å². The molecule has 0 fully saturated rings. The van der Waals surface area contributed by atoms with Gasteiger partial charge in [-0.1, -0.05) is 37.3 Å². The summed E-state index contributed by atoms with van der Waals surface area (Å²) in [5.41, 5.74) is 6.91. The molecule has 0 aliphatic rings. The molecule has 0 aliphatic heterocycles. The van der Waals surface area contributed by atoms with Gasteiger partial charge in [0.2, 0.25) is 0 Å². The molecule has 2 N–H and O–H groups in total. The zero-order valence-electron chi connectivity index (χ0n) is 8.07. The molecule has 0 radical (unpaired) electrons. The Morgan fingerprint density at radius 2 is 2.00 bits per heavy atom. The number of nitrogens with two attached hydrogens (primary N) is 1. The molecule has 2 heteroatoms. The van der Waals surface area contributed by atoms with Crippen LogP contribution in [0.5, 0.6) is 0 Å². The van der Waals surface area contributed by atoms with Gasteiger partial charge in [-0.2, -0.15) is 0 Å². The topological polar surface area (TPSA) is 35.2 Å². The molecule has 1 rings (SSSR count). The van der Waals surface area contributed by atoms with Gasteiger partial charge in [0.05, 0.1) is 13.2 Å². The second-order valence-electron chi connectivity index (χ2n) is 3.17. The number of hydrogen-bond acceptors (Lipinski definition) is 2. The average Bonchev–Trinajstić information content (AvgIpc) is 2.19. The van der Waals surface area contributed by atoms with Crippen LogP contribution in [0.3, 0.4) is 0 Å². The van der Waals surface area contributed by atoms with Gasteiger partial charge in [-0.05, 0) is 12.0 Å². The quantitative estimate of drug-likeness (QED) is 0.749. The highest BCUT2D eigenvalue weighted by atomic mass is 16.5. The van der Waals surface area contributed by atoms with Crippen molar-refractivity contribution in [1.82, 2.24) is 0 Å². The molecule has 0 heterocycles. The Morgan fingerprint density at radius 3 is 2.62 bits per heavy atom. The highest BCUT2D eigenvalue weighted by Crippen LogP contribution is 2.00. The Morgan fingerprint density at radius 1 is 1.31 bits per heavy atom. The van der Waals surface area contributed by atoms with Crippen LogP contribution in [0.2, 0.25) is 0 Å². The average molecular weight is 179 g/mol. The van der Waals surface area contributed by atoms with Gasteiger partial charge in [0, 0.05) is 6.04 Å². The molecule has 72 valence electrons. The lowest BCUT2D eigenvalue weighted by atomic mass is 10.2. The first-order valence-corrected chi connectivity index (χ1v) is 4.70. The molecule has 0 aromatic heterocycles. The van der Waals surface area contributed by atoms with Crippen molar-refractivity contribution in [2.75, 3.05) is 6.61 Å². The van der Waals surface area contributed by atoms with E-state index in [1.54, 1.807) is 0 Å². The highest BCUT2D eigenvalue weighted by molar-refractivity contribution is 5.13. The summed E-state index contributed by atoms with van der Waals surface area (Å²) in [5, 5.41) is 0. The minimum Gasteiger partial charge on any atom is -0.375 e. The third kappa shape index (κ3) is 4.06. The van der Waals surface area contributed by atoms with E-state index in [-0.39, 0.29) is 6.04 Å². The standard InChI is InChI=1S/C11H17NO/c1-2-11(12)9-13-8-10-6-4-3-5-7-10/h3-7,11H,2,8-9,12H2,1H3/t11-/m1/s1. The fourth-order valence-electron chi connectivity index (χ4n) is 1.02. The fraction of sp³-hybridized carbons (Fsp3) is 0.455. The van der Waals surface area contributed by atoms with E-state index in [0.29, 0.717) is 13.2 Å². The monoisotopic (exact) mass is 179 g/mol.